The highest BCUT2D eigenvalue weighted by atomic mass is 32.2. The number of amides is 1. The Balaban J connectivity index is 1.38. The van der Waals surface area contributed by atoms with E-state index >= 15 is 0 Å². The molecule has 1 amide bonds. The summed E-state index contributed by atoms with van der Waals surface area (Å²) in [5, 5.41) is 0.0786. The maximum Gasteiger partial charge on any atom is 0.321 e. The van der Waals surface area contributed by atoms with Gasteiger partial charge in [-0.15, -0.1) is 0 Å². The molecule has 164 valence electrons. The second-order valence-corrected chi connectivity index (χ2v) is 9.80. The summed E-state index contributed by atoms with van der Waals surface area (Å²) in [7, 11) is -3.60. The number of para-hydroxylation sites is 2. The second-order valence-electron chi connectivity index (χ2n) is 6.92. The molecule has 0 aliphatic carbocycles. The van der Waals surface area contributed by atoms with Gasteiger partial charge in [0.1, 0.15) is 0 Å². The summed E-state index contributed by atoms with van der Waals surface area (Å²) in [6.45, 7) is -1.91. The van der Waals surface area contributed by atoms with Crippen molar-refractivity contribution in [2.75, 3.05) is 31.9 Å². The van der Waals surface area contributed by atoms with Gasteiger partial charge in [0.2, 0.25) is 15.9 Å². The average molecular weight is 467 g/mol. The van der Waals surface area contributed by atoms with E-state index in [1.54, 1.807) is 59.5 Å². The number of carbonyl (C=O) groups is 1. The molecule has 31 heavy (non-hydrogen) atoms. The highest BCUT2D eigenvalue weighted by Gasteiger charge is 2.30. The van der Waals surface area contributed by atoms with Gasteiger partial charge in [0.25, 0.3) is 0 Å². The number of hydrogen-bond acceptors (Lipinski definition) is 5. The summed E-state index contributed by atoms with van der Waals surface area (Å²) < 4.78 is 54.6. The van der Waals surface area contributed by atoms with E-state index in [9.17, 15) is 22.0 Å². The number of piperazine rings is 1. The minimum atomic E-state index is -3.60. The maximum absolute atomic E-state index is 13.5. The number of imidazole rings is 1. The summed E-state index contributed by atoms with van der Waals surface area (Å²) in [5.74, 6) is -0.295. The van der Waals surface area contributed by atoms with Gasteiger partial charge < -0.3 is 4.90 Å². The maximum atomic E-state index is 13.5. The fourth-order valence-electron chi connectivity index (χ4n) is 3.45. The minimum Gasteiger partial charge on any atom is -0.339 e. The van der Waals surface area contributed by atoms with Crippen LogP contribution in [-0.4, -0.2) is 65.0 Å². The standard InChI is InChI=1S/C20H20F2N4O3S2/c21-19(22)26-17-9-5-4-8-16(17)23-20(26)30-14-18(27)24-10-12-25(13-11-24)31(28,29)15-6-2-1-3-7-15/h1-9,19H,10-14H2. The molecule has 0 radical (unpaired) electrons. The Morgan fingerprint density at radius 1 is 1.00 bits per heavy atom. The molecule has 11 heteroatoms. The normalized spacial score (nSPS) is 15.6. The zero-order valence-electron chi connectivity index (χ0n) is 16.4. The molecule has 0 atom stereocenters. The molecule has 1 saturated heterocycles. The Morgan fingerprint density at radius 3 is 2.32 bits per heavy atom. The Bertz CT molecular complexity index is 1180. The van der Waals surface area contributed by atoms with E-state index in [4.69, 9.17) is 0 Å². The molecule has 1 aliphatic heterocycles. The number of fused-ring (bicyclic) bond motifs is 1. The molecule has 1 aliphatic rings. The lowest BCUT2D eigenvalue weighted by molar-refractivity contribution is -0.129. The highest BCUT2D eigenvalue weighted by Crippen LogP contribution is 2.29. The molecular formula is C20H20F2N4O3S2. The van der Waals surface area contributed by atoms with Crippen molar-refractivity contribution in [1.29, 1.82) is 0 Å². The van der Waals surface area contributed by atoms with Crippen LogP contribution in [0, 0.1) is 0 Å². The van der Waals surface area contributed by atoms with E-state index in [0.717, 1.165) is 16.3 Å². The molecular weight excluding hydrogens is 446 g/mol. The Labute approximate surface area is 182 Å². The molecule has 1 aromatic heterocycles. The van der Waals surface area contributed by atoms with Crippen molar-refractivity contribution in [2.45, 2.75) is 16.6 Å². The summed E-state index contributed by atoms with van der Waals surface area (Å²) in [6.07, 6.45) is 0. The lowest BCUT2D eigenvalue weighted by atomic mass is 10.3. The van der Waals surface area contributed by atoms with Crippen LogP contribution in [0.3, 0.4) is 0 Å². The van der Waals surface area contributed by atoms with Gasteiger partial charge in [-0.25, -0.2) is 13.4 Å². The molecule has 3 aromatic rings. The van der Waals surface area contributed by atoms with Crippen LogP contribution in [0.4, 0.5) is 8.78 Å². The molecule has 0 N–H and O–H groups in total. The van der Waals surface area contributed by atoms with Gasteiger partial charge >= 0.3 is 6.55 Å². The van der Waals surface area contributed by atoms with Gasteiger partial charge in [-0.2, -0.15) is 13.1 Å². The Hall–Kier alpha value is -2.50. The van der Waals surface area contributed by atoms with Gasteiger partial charge in [0.05, 0.1) is 21.7 Å². The summed E-state index contributed by atoms with van der Waals surface area (Å²) in [6, 6.07) is 14.7. The van der Waals surface area contributed by atoms with Gasteiger partial charge in [-0.05, 0) is 24.3 Å². The number of hydrogen-bond donors (Lipinski definition) is 0. The van der Waals surface area contributed by atoms with E-state index in [1.807, 2.05) is 0 Å². The third kappa shape index (κ3) is 4.43. The molecule has 0 saturated carbocycles. The Kier molecular flexibility index (Phi) is 6.26. The quantitative estimate of drug-likeness (QED) is 0.522. The molecule has 2 heterocycles. The highest BCUT2D eigenvalue weighted by molar-refractivity contribution is 7.99. The fraction of sp³-hybridized carbons (Fsp3) is 0.300. The number of rotatable bonds is 6. The predicted octanol–water partition coefficient (Wildman–Crippen LogP) is 3.06. The zero-order valence-corrected chi connectivity index (χ0v) is 18.0. The van der Waals surface area contributed by atoms with Crippen molar-refractivity contribution in [3.05, 3.63) is 54.6 Å². The van der Waals surface area contributed by atoms with Crippen molar-refractivity contribution in [1.82, 2.24) is 18.8 Å². The van der Waals surface area contributed by atoms with Crippen LogP contribution in [0.5, 0.6) is 0 Å². The van der Waals surface area contributed by atoms with Crippen molar-refractivity contribution >= 4 is 38.7 Å². The monoisotopic (exact) mass is 466 g/mol. The van der Waals surface area contributed by atoms with Gasteiger partial charge in [-0.3, -0.25) is 9.36 Å². The zero-order chi connectivity index (χ0) is 22.0. The van der Waals surface area contributed by atoms with E-state index in [2.05, 4.69) is 4.98 Å². The number of sulfonamides is 1. The summed E-state index contributed by atoms with van der Waals surface area (Å²) >= 11 is 0.955. The number of carbonyl (C=O) groups excluding carboxylic acids is 1. The van der Waals surface area contributed by atoms with Crippen LogP contribution in [0.25, 0.3) is 11.0 Å². The lowest BCUT2D eigenvalue weighted by Crippen LogP contribution is -2.50. The molecule has 1 fully saturated rings. The smallest absolute Gasteiger partial charge is 0.321 e. The molecule has 7 nitrogen and oxygen atoms in total. The number of halogens is 2. The SMILES string of the molecule is O=C(CSc1nc2ccccc2n1C(F)F)N1CCN(S(=O)(=O)c2ccccc2)CC1. The second kappa shape index (κ2) is 8.93. The number of aromatic nitrogens is 2. The first-order valence-corrected chi connectivity index (χ1v) is 12.0. The molecule has 0 bridgehead atoms. The number of alkyl halides is 2. The third-order valence-corrected chi connectivity index (χ3v) is 7.91. The van der Waals surface area contributed by atoms with Crippen LogP contribution in [0.2, 0.25) is 0 Å². The van der Waals surface area contributed by atoms with Gasteiger partial charge in [-0.1, -0.05) is 42.1 Å². The summed E-state index contributed by atoms with van der Waals surface area (Å²) in [4.78, 5) is 18.6. The number of thioether (sulfide) groups is 1. The molecule has 4 rings (SSSR count). The first-order valence-electron chi connectivity index (χ1n) is 9.59. The number of nitrogens with zero attached hydrogens (tertiary/aromatic N) is 4. The van der Waals surface area contributed by atoms with Crippen molar-refractivity contribution in [3.63, 3.8) is 0 Å². The fourth-order valence-corrected chi connectivity index (χ4v) is 5.81. The van der Waals surface area contributed by atoms with Crippen molar-refractivity contribution in [3.8, 4) is 0 Å². The van der Waals surface area contributed by atoms with Crippen LogP contribution in [0.1, 0.15) is 6.55 Å². The average Bonchev–Trinajstić information content (AvgIpc) is 3.17. The van der Waals surface area contributed by atoms with Crippen LogP contribution < -0.4 is 0 Å². The first-order chi connectivity index (χ1) is 14.9. The largest absolute Gasteiger partial charge is 0.339 e. The van der Waals surface area contributed by atoms with E-state index in [1.165, 1.54) is 4.31 Å². The summed E-state index contributed by atoms with van der Waals surface area (Å²) in [5.41, 5.74) is 0.754. The van der Waals surface area contributed by atoms with E-state index in [0.29, 0.717) is 11.0 Å². The van der Waals surface area contributed by atoms with Crippen LogP contribution in [0.15, 0.2) is 64.6 Å². The van der Waals surface area contributed by atoms with E-state index < -0.39 is 16.6 Å². The Morgan fingerprint density at radius 2 is 1.65 bits per heavy atom. The lowest BCUT2D eigenvalue weighted by Gasteiger charge is -2.34. The number of benzene rings is 2. The van der Waals surface area contributed by atoms with Crippen molar-refractivity contribution < 1.29 is 22.0 Å². The van der Waals surface area contributed by atoms with Crippen LogP contribution >= 0.6 is 11.8 Å². The first kappa shape index (κ1) is 21.7. The molecule has 2 aromatic carbocycles. The van der Waals surface area contributed by atoms with Crippen LogP contribution in [-0.2, 0) is 14.8 Å². The third-order valence-electron chi connectivity index (χ3n) is 5.06. The predicted molar refractivity (Wildman–Crippen MR) is 113 cm³/mol. The van der Waals surface area contributed by atoms with Crippen molar-refractivity contribution in [2.24, 2.45) is 0 Å². The van der Waals surface area contributed by atoms with Gasteiger partial charge in [0.15, 0.2) is 5.16 Å². The molecule has 0 unspecified atom stereocenters. The minimum absolute atomic E-state index is 0.0541. The molecule has 0 spiro atoms. The topological polar surface area (TPSA) is 75.5 Å². The van der Waals surface area contributed by atoms with Gasteiger partial charge in [0, 0.05) is 26.2 Å². The van der Waals surface area contributed by atoms with E-state index in [-0.39, 0.29) is 47.9 Å².